The molecule has 6 heteroatoms. The maximum Gasteiger partial charge on any atom is 0.290 e. The predicted octanol–water partition coefficient (Wildman–Crippen LogP) is 2.20. The third-order valence-electron chi connectivity index (χ3n) is 3.44. The Balaban J connectivity index is 1.76. The Bertz CT molecular complexity index is 444. The van der Waals surface area contributed by atoms with Crippen LogP contribution in [0.3, 0.4) is 0 Å². The number of pyridine rings is 1. The number of anilines is 1. The fraction of sp³-hybridized carbons (Fsp3) is 0.615. The Labute approximate surface area is 113 Å². The van der Waals surface area contributed by atoms with E-state index in [1.54, 1.807) is 13.0 Å². The van der Waals surface area contributed by atoms with Gasteiger partial charge in [-0.25, -0.2) is 4.98 Å². The lowest BCUT2D eigenvalue weighted by atomic mass is 10.2. The van der Waals surface area contributed by atoms with Crippen LogP contribution in [0.25, 0.3) is 0 Å². The van der Waals surface area contributed by atoms with Crippen molar-refractivity contribution in [3.05, 3.63) is 27.9 Å². The van der Waals surface area contributed by atoms with Crippen LogP contribution in [0.2, 0.25) is 0 Å². The summed E-state index contributed by atoms with van der Waals surface area (Å²) in [6.45, 7) is 6.12. The second-order valence-corrected chi connectivity index (χ2v) is 4.94. The zero-order valence-corrected chi connectivity index (χ0v) is 11.3. The van der Waals surface area contributed by atoms with Gasteiger partial charge in [0.15, 0.2) is 0 Å². The molecule has 0 saturated carbocycles. The molecule has 19 heavy (non-hydrogen) atoms. The van der Waals surface area contributed by atoms with Crippen molar-refractivity contribution in [2.75, 3.05) is 31.5 Å². The quantitative estimate of drug-likeness (QED) is 0.484. The molecule has 1 aliphatic heterocycles. The summed E-state index contributed by atoms with van der Waals surface area (Å²) in [5, 5.41) is 13.9. The van der Waals surface area contributed by atoms with Gasteiger partial charge in [0, 0.05) is 12.1 Å². The monoisotopic (exact) mass is 264 g/mol. The first-order chi connectivity index (χ1) is 9.16. The normalized spacial score (nSPS) is 15.6. The van der Waals surface area contributed by atoms with Gasteiger partial charge >= 0.3 is 0 Å². The van der Waals surface area contributed by atoms with E-state index in [4.69, 9.17) is 0 Å². The average molecular weight is 264 g/mol. The number of aromatic nitrogens is 1. The minimum Gasteiger partial charge on any atom is -0.370 e. The Morgan fingerprint density at radius 3 is 2.84 bits per heavy atom. The molecule has 1 aromatic rings. The van der Waals surface area contributed by atoms with Gasteiger partial charge < -0.3 is 10.2 Å². The van der Waals surface area contributed by atoms with Crippen LogP contribution < -0.4 is 5.32 Å². The number of aryl methyl sites for hydroxylation is 1. The first kappa shape index (κ1) is 13.7. The van der Waals surface area contributed by atoms with E-state index in [-0.39, 0.29) is 5.69 Å². The van der Waals surface area contributed by atoms with Crippen LogP contribution in [-0.4, -0.2) is 41.0 Å². The summed E-state index contributed by atoms with van der Waals surface area (Å²) in [5.74, 6) is 0.713. The number of nitro groups is 1. The van der Waals surface area contributed by atoms with Crippen molar-refractivity contribution in [2.24, 2.45) is 0 Å². The largest absolute Gasteiger partial charge is 0.370 e. The maximum atomic E-state index is 10.7. The highest BCUT2D eigenvalue weighted by Crippen LogP contribution is 2.18. The highest BCUT2D eigenvalue weighted by molar-refractivity contribution is 5.46. The van der Waals surface area contributed by atoms with E-state index in [0.717, 1.165) is 19.5 Å². The lowest BCUT2D eigenvalue weighted by Crippen LogP contribution is -2.22. The number of hydrogen-bond donors (Lipinski definition) is 1. The minimum absolute atomic E-state index is 0.0719. The second-order valence-electron chi connectivity index (χ2n) is 4.94. The highest BCUT2D eigenvalue weighted by Gasteiger charge is 2.12. The molecule has 0 radical (unpaired) electrons. The molecule has 2 heterocycles. The van der Waals surface area contributed by atoms with E-state index >= 15 is 0 Å². The first-order valence-corrected chi connectivity index (χ1v) is 6.74. The Hall–Kier alpha value is -1.69. The molecule has 1 saturated heterocycles. The van der Waals surface area contributed by atoms with Gasteiger partial charge in [0.2, 0.25) is 0 Å². The molecule has 6 nitrogen and oxygen atoms in total. The smallest absolute Gasteiger partial charge is 0.290 e. The van der Waals surface area contributed by atoms with Crippen LogP contribution in [0.4, 0.5) is 11.5 Å². The molecule has 0 spiro atoms. The van der Waals surface area contributed by atoms with Crippen molar-refractivity contribution < 1.29 is 4.92 Å². The van der Waals surface area contributed by atoms with E-state index in [1.165, 1.54) is 32.1 Å². The second kappa shape index (κ2) is 6.47. The number of hydrogen-bond acceptors (Lipinski definition) is 5. The Kier molecular flexibility index (Phi) is 4.68. The molecular weight excluding hydrogens is 244 g/mol. The van der Waals surface area contributed by atoms with Crippen molar-refractivity contribution in [2.45, 2.75) is 26.2 Å². The third-order valence-corrected chi connectivity index (χ3v) is 3.44. The Morgan fingerprint density at radius 1 is 1.47 bits per heavy atom. The summed E-state index contributed by atoms with van der Waals surface area (Å²) in [6.07, 6.45) is 5.02. The lowest BCUT2D eigenvalue weighted by molar-refractivity contribution is -0.385. The molecule has 1 fully saturated rings. The van der Waals surface area contributed by atoms with Crippen molar-refractivity contribution >= 4 is 11.5 Å². The summed E-state index contributed by atoms with van der Waals surface area (Å²) in [6, 6.07) is 1.73. The zero-order valence-electron chi connectivity index (χ0n) is 11.3. The third kappa shape index (κ3) is 3.89. The van der Waals surface area contributed by atoms with Gasteiger partial charge in [-0.1, -0.05) is 0 Å². The number of nitrogens with one attached hydrogen (secondary N) is 1. The highest BCUT2D eigenvalue weighted by atomic mass is 16.6. The standard InChI is InChI=1S/C13H20N4O2/c1-11-9-13(15-10-12(11)17(18)19)14-5-4-8-16-6-2-3-7-16/h9-10H,2-8H2,1H3,(H,14,15). The molecule has 2 rings (SSSR count). The van der Waals surface area contributed by atoms with E-state index in [9.17, 15) is 10.1 Å². The molecule has 0 atom stereocenters. The van der Waals surface area contributed by atoms with E-state index < -0.39 is 4.92 Å². The Morgan fingerprint density at radius 2 is 2.21 bits per heavy atom. The molecule has 0 unspecified atom stereocenters. The van der Waals surface area contributed by atoms with Gasteiger partial charge in [-0.05, 0) is 51.9 Å². The van der Waals surface area contributed by atoms with Gasteiger partial charge in [0.25, 0.3) is 5.69 Å². The van der Waals surface area contributed by atoms with Crippen molar-refractivity contribution in [3.63, 3.8) is 0 Å². The molecular formula is C13H20N4O2. The molecule has 1 aromatic heterocycles. The van der Waals surface area contributed by atoms with E-state index in [0.29, 0.717) is 11.4 Å². The van der Waals surface area contributed by atoms with Crippen molar-refractivity contribution in [1.29, 1.82) is 0 Å². The van der Waals surface area contributed by atoms with Crippen LogP contribution >= 0.6 is 0 Å². The van der Waals surface area contributed by atoms with Crippen molar-refractivity contribution in [3.8, 4) is 0 Å². The molecule has 1 aliphatic rings. The maximum absolute atomic E-state index is 10.7. The summed E-state index contributed by atoms with van der Waals surface area (Å²) in [4.78, 5) is 16.8. The van der Waals surface area contributed by atoms with Gasteiger partial charge in [-0.3, -0.25) is 10.1 Å². The lowest BCUT2D eigenvalue weighted by Gasteiger charge is -2.14. The summed E-state index contributed by atoms with van der Waals surface area (Å²) in [5.41, 5.74) is 0.713. The SMILES string of the molecule is Cc1cc(NCCCN2CCCC2)ncc1[N+](=O)[O-]. The van der Waals surface area contributed by atoms with Gasteiger partial charge in [-0.15, -0.1) is 0 Å². The summed E-state index contributed by atoms with van der Waals surface area (Å²) in [7, 11) is 0. The van der Waals surface area contributed by atoms with Crippen LogP contribution in [0, 0.1) is 17.0 Å². The molecule has 0 aliphatic carbocycles. The van der Waals surface area contributed by atoms with Gasteiger partial charge in [0.05, 0.1) is 4.92 Å². The van der Waals surface area contributed by atoms with E-state index in [1.807, 2.05) is 0 Å². The first-order valence-electron chi connectivity index (χ1n) is 6.74. The zero-order chi connectivity index (χ0) is 13.7. The number of rotatable bonds is 6. The van der Waals surface area contributed by atoms with Crippen LogP contribution in [0.1, 0.15) is 24.8 Å². The van der Waals surface area contributed by atoms with Gasteiger partial charge in [-0.2, -0.15) is 0 Å². The van der Waals surface area contributed by atoms with Crippen LogP contribution in [0.15, 0.2) is 12.3 Å². The van der Waals surface area contributed by atoms with Crippen LogP contribution in [-0.2, 0) is 0 Å². The topological polar surface area (TPSA) is 71.3 Å². The average Bonchev–Trinajstić information content (AvgIpc) is 2.87. The summed E-state index contributed by atoms with van der Waals surface area (Å²) < 4.78 is 0. The number of likely N-dealkylation sites (tertiary alicyclic amines) is 1. The molecule has 0 amide bonds. The van der Waals surface area contributed by atoms with E-state index in [2.05, 4.69) is 15.2 Å². The minimum atomic E-state index is -0.403. The molecule has 104 valence electrons. The molecule has 1 N–H and O–H groups in total. The van der Waals surface area contributed by atoms with Crippen molar-refractivity contribution in [1.82, 2.24) is 9.88 Å². The fourth-order valence-electron chi connectivity index (χ4n) is 2.36. The predicted molar refractivity (Wildman–Crippen MR) is 74.4 cm³/mol. The molecule has 0 aromatic carbocycles. The number of nitrogens with zero attached hydrogens (tertiary/aromatic N) is 3. The summed E-state index contributed by atoms with van der Waals surface area (Å²) >= 11 is 0. The van der Waals surface area contributed by atoms with Gasteiger partial charge in [0.1, 0.15) is 12.0 Å². The fourth-order valence-corrected chi connectivity index (χ4v) is 2.36. The molecule has 0 bridgehead atoms. The van der Waals surface area contributed by atoms with Crippen LogP contribution in [0.5, 0.6) is 0 Å².